The summed E-state index contributed by atoms with van der Waals surface area (Å²) in [6.07, 6.45) is 3.72. The Morgan fingerprint density at radius 2 is 2.00 bits per heavy atom. The van der Waals surface area contributed by atoms with E-state index in [0.29, 0.717) is 5.92 Å². The molecule has 0 aliphatic rings. The van der Waals surface area contributed by atoms with Crippen LogP contribution in [0.15, 0.2) is 17.6 Å². The number of hydrogen-bond acceptors (Lipinski definition) is 4. The van der Waals surface area contributed by atoms with Gasteiger partial charge >= 0.3 is 0 Å². The zero-order chi connectivity index (χ0) is 11.1. The lowest BCUT2D eigenvalue weighted by Gasteiger charge is -2.06. The quantitative estimate of drug-likeness (QED) is 0.457. The molecule has 0 saturated carbocycles. The molecule has 1 aromatic rings. The average molecular weight is 225 g/mol. The molecule has 0 aromatic carbocycles. The average Bonchev–Trinajstić information content (AvgIpc) is 2.20. The summed E-state index contributed by atoms with van der Waals surface area (Å²) in [4.78, 5) is 8.47. The third kappa shape index (κ3) is 5.74. The summed E-state index contributed by atoms with van der Waals surface area (Å²) in [5.41, 5.74) is 1.11. The topological polar surface area (TPSA) is 37.8 Å². The van der Waals surface area contributed by atoms with E-state index in [9.17, 15) is 0 Å². The maximum atomic E-state index is 4.24. The van der Waals surface area contributed by atoms with Crippen LogP contribution in [0.4, 0.5) is 0 Å². The molecule has 0 bridgehead atoms. The molecule has 3 nitrogen and oxygen atoms in total. The highest BCUT2D eigenvalue weighted by atomic mass is 32.2. The Morgan fingerprint density at radius 3 is 2.60 bits per heavy atom. The molecular weight excluding hydrogens is 206 g/mol. The minimum absolute atomic E-state index is 0.714. The van der Waals surface area contributed by atoms with E-state index < -0.39 is 0 Å². The number of hydrogen-bond donors (Lipinski definition) is 1. The summed E-state index contributed by atoms with van der Waals surface area (Å²) < 4.78 is 0. The van der Waals surface area contributed by atoms with Crippen molar-refractivity contribution >= 4 is 11.8 Å². The van der Waals surface area contributed by atoms with Crippen LogP contribution in [-0.2, 0) is 0 Å². The van der Waals surface area contributed by atoms with Crippen molar-refractivity contribution < 1.29 is 0 Å². The van der Waals surface area contributed by atoms with Gasteiger partial charge in [0.05, 0.1) is 0 Å². The Hall–Kier alpha value is -0.610. The van der Waals surface area contributed by atoms with Crippen molar-refractivity contribution in [3.05, 3.63) is 18.0 Å². The van der Waals surface area contributed by atoms with E-state index in [1.54, 1.807) is 11.8 Å². The lowest BCUT2D eigenvalue weighted by Crippen LogP contribution is -2.22. The molecule has 1 N–H and O–H groups in total. The molecule has 1 aromatic heterocycles. The SMILES string of the molecule is Cc1cnc(SCCNCC(C)C)nc1. The van der Waals surface area contributed by atoms with Gasteiger partial charge in [0.1, 0.15) is 0 Å². The molecule has 1 rings (SSSR count). The third-order valence-electron chi connectivity index (χ3n) is 1.82. The van der Waals surface area contributed by atoms with Crippen LogP contribution < -0.4 is 5.32 Å². The van der Waals surface area contributed by atoms with Crippen molar-refractivity contribution in [3.63, 3.8) is 0 Å². The standard InChI is InChI=1S/C11H19N3S/c1-9(2)6-12-4-5-15-11-13-7-10(3)8-14-11/h7-9,12H,4-6H2,1-3H3. The van der Waals surface area contributed by atoms with Crippen LogP contribution in [0.1, 0.15) is 19.4 Å². The van der Waals surface area contributed by atoms with E-state index in [0.717, 1.165) is 29.6 Å². The van der Waals surface area contributed by atoms with Gasteiger partial charge in [-0.15, -0.1) is 0 Å². The molecule has 0 fully saturated rings. The van der Waals surface area contributed by atoms with Crippen LogP contribution in [0.2, 0.25) is 0 Å². The largest absolute Gasteiger partial charge is 0.316 e. The summed E-state index contributed by atoms with van der Waals surface area (Å²) in [7, 11) is 0. The number of nitrogens with zero attached hydrogens (tertiary/aromatic N) is 2. The first-order valence-corrected chi connectivity index (χ1v) is 6.29. The predicted octanol–water partition coefficient (Wildman–Crippen LogP) is 2.12. The molecule has 0 amide bonds. The summed E-state index contributed by atoms with van der Waals surface area (Å²) >= 11 is 1.70. The van der Waals surface area contributed by atoms with Gasteiger partial charge in [-0.1, -0.05) is 25.6 Å². The molecular formula is C11H19N3S. The van der Waals surface area contributed by atoms with Crippen molar-refractivity contribution in [2.24, 2.45) is 5.92 Å². The molecule has 0 saturated heterocycles. The zero-order valence-corrected chi connectivity index (χ0v) is 10.5. The van der Waals surface area contributed by atoms with Crippen molar-refractivity contribution in [1.82, 2.24) is 15.3 Å². The number of aryl methyl sites for hydroxylation is 1. The van der Waals surface area contributed by atoms with E-state index >= 15 is 0 Å². The fourth-order valence-electron chi connectivity index (χ4n) is 1.06. The lowest BCUT2D eigenvalue weighted by atomic mass is 10.2. The molecule has 84 valence electrons. The van der Waals surface area contributed by atoms with E-state index in [4.69, 9.17) is 0 Å². The van der Waals surface area contributed by atoms with Gasteiger partial charge in [0.15, 0.2) is 5.16 Å². The van der Waals surface area contributed by atoms with E-state index in [1.807, 2.05) is 19.3 Å². The smallest absolute Gasteiger partial charge is 0.187 e. The van der Waals surface area contributed by atoms with E-state index in [2.05, 4.69) is 29.1 Å². The zero-order valence-electron chi connectivity index (χ0n) is 9.66. The Bertz CT molecular complexity index is 272. The minimum atomic E-state index is 0.714. The Kier molecular flexibility index (Phi) is 5.65. The Morgan fingerprint density at radius 1 is 1.33 bits per heavy atom. The third-order valence-corrected chi connectivity index (χ3v) is 2.70. The Balaban J connectivity index is 2.12. The maximum absolute atomic E-state index is 4.24. The highest BCUT2D eigenvalue weighted by molar-refractivity contribution is 7.99. The van der Waals surface area contributed by atoms with Gasteiger partial charge in [0.2, 0.25) is 0 Å². The van der Waals surface area contributed by atoms with Crippen molar-refractivity contribution in [2.75, 3.05) is 18.8 Å². The molecule has 1 heterocycles. The number of thioether (sulfide) groups is 1. The normalized spacial score (nSPS) is 10.9. The van der Waals surface area contributed by atoms with Crippen molar-refractivity contribution in [1.29, 1.82) is 0 Å². The van der Waals surface area contributed by atoms with Gasteiger partial charge in [-0.3, -0.25) is 0 Å². The first-order valence-electron chi connectivity index (χ1n) is 5.30. The molecule has 0 unspecified atom stereocenters. The second-order valence-corrected chi connectivity index (χ2v) is 5.05. The number of nitrogens with one attached hydrogen (secondary N) is 1. The molecule has 0 atom stereocenters. The predicted molar refractivity (Wildman–Crippen MR) is 65.2 cm³/mol. The van der Waals surface area contributed by atoms with Crippen LogP contribution in [0.25, 0.3) is 0 Å². The van der Waals surface area contributed by atoms with Gasteiger partial charge in [0, 0.05) is 24.7 Å². The van der Waals surface area contributed by atoms with Gasteiger partial charge in [-0.05, 0) is 24.9 Å². The maximum Gasteiger partial charge on any atom is 0.187 e. The number of aromatic nitrogens is 2. The van der Waals surface area contributed by atoms with Crippen LogP contribution in [0.3, 0.4) is 0 Å². The van der Waals surface area contributed by atoms with Gasteiger partial charge in [-0.25, -0.2) is 9.97 Å². The van der Waals surface area contributed by atoms with Crippen LogP contribution in [-0.4, -0.2) is 28.8 Å². The van der Waals surface area contributed by atoms with Gasteiger partial charge < -0.3 is 5.32 Å². The second kappa shape index (κ2) is 6.80. The van der Waals surface area contributed by atoms with Crippen molar-refractivity contribution in [2.45, 2.75) is 25.9 Å². The highest BCUT2D eigenvalue weighted by Crippen LogP contribution is 2.10. The Labute approximate surface area is 96.1 Å². The number of rotatable bonds is 6. The molecule has 0 aliphatic heterocycles. The van der Waals surface area contributed by atoms with Gasteiger partial charge in [0.25, 0.3) is 0 Å². The molecule has 0 radical (unpaired) electrons. The summed E-state index contributed by atoms with van der Waals surface area (Å²) in [5, 5.41) is 4.26. The van der Waals surface area contributed by atoms with Crippen LogP contribution in [0.5, 0.6) is 0 Å². The second-order valence-electron chi connectivity index (χ2n) is 3.99. The van der Waals surface area contributed by atoms with Gasteiger partial charge in [-0.2, -0.15) is 0 Å². The van der Waals surface area contributed by atoms with E-state index in [1.165, 1.54) is 0 Å². The highest BCUT2D eigenvalue weighted by Gasteiger charge is 1.97. The fraction of sp³-hybridized carbons (Fsp3) is 0.636. The monoisotopic (exact) mass is 225 g/mol. The first kappa shape index (κ1) is 12.5. The lowest BCUT2D eigenvalue weighted by molar-refractivity contribution is 0.568. The molecule has 0 spiro atoms. The van der Waals surface area contributed by atoms with E-state index in [-0.39, 0.29) is 0 Å². The first-order chi connectivity index (χ1) is 7.18. The fourth-order valence-corrected chi connectivity index (χ4v) is 1.74. The van der Waals surface area contributed by atoms with Crippen LogP contribution >= 0.6 is 11.8 Å². The molecule has 4 heteroatoms. The molecule has 0 aliphatic carbocycles. The van der Waals surface area contributed by atoms with Crippen molar-refractivity contribution in [3.8, 4) is 0 Å². The molecule has 15 heavy (non-hydrogen) atoms. The summed E-state index contributed by atoms with van der Waals surface area (Å²) in [6.45, 7) is 8.51. The summed E-state index contributed by atoms with van der Waals surface area (Å²) in [6, 6.07) is 0. The summed E-state index contributed by atoms with van der Waals surface area (Å²) in [5.74, 6) is 1.74. The minimum Gasteiger partial charge on any atom is -0.316 e. The van der Waals surface area contributed by atoms with Crippen LogP contribution in [0, 0.1) is 12.8 Å².